The molecule has 8 heteroatoms. The topological polar surface area (TPSA) is 104 Å². The molecule has 140 valence electrons. The molecule has 3 aromatic rings. The minimum atomic E-state index is -1.24. The maximum absolute atomic E-state index is 12.1. The Morgan fingerprint density at radius 1 is 1.36 bits per heavy atom. The van der Waals surface area contributed by atoms with Gasteiger partial charge in [-0.3, -0.25) is 4.79 Å². The van der Waals surface area contributed by atoms with E-state index in [9.17, 15) is 20.0 Å². The Bertz CT molecular complexity index is 1130. The van der Waals surface area contributed by atoms with Crippen molar-refractivity contribution in [3.8, 4) is 17.3 Å². The van der Waals surface area contributed by atoms with Crippen LogP contribution in [0.2, 0.25) is 0 Å². The number of fused-ring (bicyclic) bond motifs is 1. The number of carbonyl (C=O) groups excluding carboxylic acids is 1. The normalized spacial score (nSPS) is 18.6. The number of ether oxygens (including phenoxy) is 1. The van der Waals surface area contributed by atoms with Gasteiger partial charge in [-0.05, 0) is 59.1 Å². The molecule has 4 rings (SSSR count). The van der Waals surface area contributed by atoms with Gasteiger partial charge in [0.2, 0.25) is 5.91 Å². The Morgan fingerprint density at radius 3 is 2.86 bits per heavy atom. The summed E-state index contributed by atoms with van der Waals surface area (Å²) in [6.07, 6.45) is -1.24. The molecule has 1 unspecified atom stereocenters. The van der Waals surface area contributed by atoms with Gasteiger partial charge in [0.1, 0.15) is 24.0 Å². The molecule has 1 atom stereocenters. The van der Waals surface area contributed by atoms with E-state index in [1.165, 1.54) is 17.4 Å². The van der Waals surface area contributed by atoms with Crippen LogP contribution < -0.4 is 5.32 Å². The highest BCUT2D eigenvalue weighted by Gasteiger charge is 2.36. The van der Waals surface area contributed by atoms with Gasteiger partial charge in [-0.15, -0.1) is 0 Å². The van der Waals surface area contributed by atoms with E-state index < -0.39 is 11.7 Å². The number of anilines is 1. The van der Waals surface area contributed by atoms with Crippen LogP contribution in [0.3, 0.4) is 0 Å². The number of nitriles is 1. The molecule has 2 N–H and O–H groups in total. The van der Waals surface area contributed by atoms with Gasteiger partial charge in [-0.2, -0.15) is 16.6 Å². The van der Waals surface area contributed by atoms with Gasteiger partial charge in [-0.1, -0.05) is 6.07 Å². The molecule has 1 aromatic carbocycles. The minimum absolute atomic E-state index is 0.0302. The van der Waals surface area contributed by atoms with Crippen molar-refractivity contribution in [3.05, 3.63) is 64.0 Å². The van der Waals surface area contributed by atoms with Gasteiger partial charge in [0, 0.05) is 11.3 Å². The number of benzene rings is 1. The summed E-state index contributed by atoms with van der Waals surface area (Å²) in [5.41, 5.74) is 2.34. The lowest BCUT2D eigenvalue weighted by Gasteiger charge is -2.29. The monoisotopic (exact) mass is 393 g/mol. The van der Waals surface area contributed by atoms with E-state index in [2.05, 4.69) is 5.32 Å². The average Bonchev–Trinajstić information content (AvgIpc) is 3.34. The smallest absolute Gasteiger partial charge is 0.417 e. The zero-order valence-corrected chi connectivity index (χ0v) is 15.6. The van der Waals surface area contributed by atoms with Crippen LogP contribution in [0.5, 0.6) is 0 Å². The second-order valence-corrected chi connectivity index (χ2v) is 7.26. The van der Waals surface area contributed by atoms with Gasteiger partial charge >= 0.3 is 6.09 Å². The number of rotatable bonds is 2. The second-order valence-electron chi connectivity index (χ2n) is 6.48. The van der Waals surface area contributed by atoms with Crippen molar-refractivity contribution in [2.45, 2.75) is 12.5 Å². The number of amides is 1. The Hall–Kier alpha value is -3.41. The molecule has 0 fully saturated rings. The largest absolute Gasteiger partial charge is 0.464 e. The molecule has 1 amide bonds. The van der Waals surface area contributed by atoms with Gasteiger partial charge in [0.15, 0.2) is 0 Å². The van der Waals surface area contributed by atoms with E-state index >= 15 is 0 Å². The fourth-order valence-corrected chi connectivity index (χ4v) is 4.17. The van der Waals surface area contributed by atoms with Crippen LogP contribution in [0.25, 0.3) is 11.3 Å². The van der Waals surface area contributed by atoms with E-state index in [0.29, 0.717) is 22.5 Å². The van der Waals surface area contributed by atoms with Crippen molar-refractivity contribution >= 4 is 29.0 Å². The first kappa shape index (κ1) is 18.0. The molecule has 2 aromatic heterocycles. The predicted molar refractivity (Wildman–Crippen MR) is 103 cm³/mol. The zero-order valence-electron chi connectivity index (χ0n) is 14.8. The van der Waals surface area contributed by atoms with Crippen LogP contribution in [0.4, 0.5) is 10.5 Å². The number of thiophene rings is 1. The standard InChI is InChI=1S/C20H15N3O4S/c1-20(13-6-7-28-11-13)15-8-12(2-4-16(15)22-18(24)10-27-20)17-5-3-14(9-21)23(17)19(25)26/h2-8,11H,10H2,1H3,(H,22,24)(H,25,26). The van der Waals surface area contributed by atoms with Crippen LogP contribution in [0.1, 0.15) is 23.7 Å². The third-order valence-corrected chi connectivity index (χ3v) is 5.54. The van der Waals surface area contributed by atoms with E-state index in [4.69, 9.17) is 4.74 Å². The highest BCUT2D eigenvalue weighted by Crippen LogP contribution is 2.42. The Balaban J connectivity index is 1.93. The van der Waals surface area contributed by atoms with E-state index in [1.807, 2.05) is 29.8 Å². The molecule has 0 radical (unpaired) electrons. The third kappa shape index (κ3) is 2.78. The first-order valence-corrected chi connectivity index (χ1v) is 9.35. The summed E-state index contributed by atoms with van der Waals surface area (Å²) in [6.45, 7) is 1.79. The van der Waals surface area contributed by atoms with E-state index in [0.717, 1.165) is 10.1 Å². The molecule has 28 heavy (non-hydrogen) atoms. The molecular weight excluding hydrogens is 378 g/mol. The van der Waals surface area contributed by atoms with Crippen LogP contribution in [0.15, 0.2) is 47.2 Å². The lowest BCUT2D eigenvalue weighted by Crippen LogP contribution is -2.27. The number of aromatic nitrogens is 1. The Kier molecular flexibility index (Phi) is 4.26. The number of nitrogens with zero attached hydrogens (tertiary/aromatic N) is 2. The summed E-state index contributed by atoms with van der Waals surface area (Å²) in [5.74, 6) is -0.256. The molecule has 7 nitrogen and oxygen atoms in total. The molecule has 0 spiro atoms. The summed E-state index contributed by atoms with van der Waals surface area (Å²) in [6, 6.07) is 12.1. The number of nitrogens with one attached hydrogen (secondary N) is 1. The van der Waals surface area contributed by atoms with Gasteiger partial charge in [0.05, 0.1) is 5.69 Å². The first-order chi connectivity index (χ1) is 13.4. The second kappa shape index (κ2) is 6.64. The molecule has 1 aliphatic heterocycles. The highest BCUT2D eigenvalue weighted by molar-refractivity contribution is 7.08. The maximum atomic E-state index is 12.1. The number of hydrogen-bond donors (Lipinski definition) is 2. The fourth-order valence-electron chi connectivity index (χ4n) is 3.41. The number of hydrogen-bond acceptors (Lipinski definition) is 5. The van der Waals surface area contributed by atoms with Crippen molar-refractivity contribution in [3.63, 3.8) is 0 Å². The lowest BCUT2D eigenvalue weighted by molar-refractivity contribution is -0.124. The third-order valence-electron chi connectivity index (χ3n) is 4.85. The molecule has 3 heterocycles. The maximum Gasteiger partial charge on any atom is 0.417 e. The first-order valence-electron chi connectivity index (χ1n) is 8.40. The number of carbonyl (C=O) groups is 2. The molecule has 0 bridgehead atoms. The molecular formula is C20H15N3O4S. The van der Waals surface area contributed by atoms with Crippen molar-refractivity contribution < 1.29 is 19.4 Å². The summed E-state index contributed by atoms with van der Waals surface area (Å²) < 4.78 is 6.93. The van der Waals surface area contributed by atoms with E-state index in [-0.39, 0.29) is 18.2 Å². The summed E-state index contributed by atoms with van der Waals surface area (Å²) in [5, 5.41) is 25.5. The Labute approximate surface area is 164 Å². The molecule has 0 aliphatic carbocycles. The highest BCUT2D eigenvalue weighted by atomic mass is 32.1. The van der Waals surface area contributed by atoms with Crippen LogP contribution >= 0.6 is 11.3 Å². The Morgan fingerprint density at radius 2 is 2.18 bits per heavy atom. The minimum Gasteiger partial charge on any atom is -0.464 e. The van der Waals surface area contributed by atoms with E-state index in [1.54, 1.807) is 24.3 Å². The summed E-state index contributed by atoms with van der Waals surface area (Å²) >= 11 is 1.52. The van der Waals surface area contributed by atoms with Gasteiger partial charge in [0.25, 0.3) is 0 Å². The lowest BCUT2D eigenvalue weighted by atomic mass is 9.87. The fraction of sp³-hybridized carbons (Fsp3) is 0.150. The zero-order chi connectivity index (χ0) is 19.9. The molecule has 1 aliphatic rings. The molecule has 0 saturated carbocycles. The van der Waals surface area contributed by atoms with Crippen molar-refractivity contribution in [2.24, 2.45) is 0 Å². The summed E-state index contributed by atoms with van der Waals surface area (Å²) in [4.78, 5) is 23.8. The van der Waals surface area contributed by atoms with Crippen molar-refractivity contribution in [1.82, 2.24) is 4.57 Å². The average molecular weight is 393 g/mol. The quantitative estimate of drug-likeness (QED) is 0.688. The SMILES string of the molecule is CC1(c2ccsc2)OCC(=O)Nc2ccc(-c3ccc(C#N)n3C(=O)O)cc21. The summed E-state index contributed by atoms with van der Waals surface area (Å²) in [7, 11) is 0. The van der Waals surface area contributed by atoms with Gasteiger partial charge < -0.3 is 15.2 Å². The van der Waals surface area contributed by atoms with Crippen LogP contribution in [-0.4, -0.2) is 28.3 Å². The van der Waals surface area contributed by atoms with Crippen molar-refractivity contribution in [2.75, 3.05) is 11.9 Å². The van der Waals surface area contributed by atoms with Gasteiger partial charge in [-0.25, -0.2) is 9.36 Å². The van der Waals surface area contributed by atoms with Crippen LogP contribution in [0, 0.1) is 11.3 Å². The predicted octanol–water partition coefficient (Wildman–Crippen LogP) is 3.85. The number of carboxylic acid groups (broad SMARTS) is 1. The molecule has 0 saturated heterocycles. The van der Waals surface area contributed by atoms with Crippen molar-refractivity contribution in [1.29, 1.82) is 5.26 Å². The van der Waals surface area contributed by atoms with Crippen LogP contribution in [-0.2, 0) is 15.1 Å².